The summed E-state index contributed by atoms with van der Waals surface area (Å²) in [6.45, 7) is 0.239. The van der Waals surface area contributed by atoms with Crippen LogP contribution < -0.4 is 0 Å². The Morgan fingerprint density at radius 3 is 1.32 bits per heavy atom. The highest BCUT2D eigenvalue weighted by Crippen LogP contribution is 2.16. The molecule has 0 aliphatic rings. The maximum absolute atomic E-state index is 12.5. The van der Waals surface area contributed by atoms with Crippen LogP contribution in [0.15, 0.2) is 81.7 Å². The van der Waals surface area contributed by atoms with Crippen molar-refractivity contribution in [2.45, 2.75) is 13.2 Å². The van der Waals surface area contributed by atoms with Crippen LogP contribution in [0.1, 0.15) is 31.8 Å². The Bertz CT molecular complexity index is 886. The third kappa shape index (κ3) is 5.53. The SMILES string of the molecule is O=C(OCc1ccc(Br)cc1)c1ccccc1C(=O)OCc1ccc(Br)cc1. The number of esters is 2. The number of carbonyl (C=O) groups excluding carboxylic acids is 2. The summed E-state index contributed by atoms with van der Waals surface area (Å²) < 4.78 is 12.6. The first-order valence-corrected chi connectivity index (χ1v) is 10.0. The largest absolute Gasteiger partial charge is 0.457 e. The van der Waals surface area contributed by atoms with E-state index in [1.54, 1.807) is 24.3 Å². The summed E-state index contributed by atoms with van der Waals surface area (Å²) in [5, 5.41) is 0. The molecule has 6 heteroatoms. The Kier molecular flexibility index (Phi) is 7.01. The summed E-state index contributed by atoms with van der Waals surface area (Å²) in [4.78, 5) is 25.0. The second kappa shape index (κ2) is 9.66. The van der Waals surface area contributed by atoms with Gasteiger partial charge in [0.2, 0.25) is 0 Å². The Morgan fingerprint density at radius 1 is 0.607 bits per heavy atom. The van der Waals surface area contributed by atoms with Crippen LogP contribution in [0.3, 0.4) is 0 Å². The van der Waals surface area contributed by atoms with Gasteiger partial charge in [-0.2, -0.15) is 0 Å². The zero-order chi connectivity index (χ0) is 19.9. The van der Waals surface area contributed by atoms with Crippen LogP contribution in [0.4, 0.5) is 0 Å². The van der Waals surface area contributed by atoms with E-state index in [0.29, 0.717) is 0 Å². The maximum atomic E-state index is 12.5. The summed E-state index contributed by atoms with van der Waals surface area (Å²) in [5.74, 6) is -1.14. The quantitative estimate of drug-likeness (QED) is 0.391. The van der Waals surface area contributed by atoms with E-state index in [1.165, 1.54) is 0 Å². The van der Waals surface area contributed by atoms with Gasteiger partial charge in [0.1, 0.15) is 13.2 Å². The zero-order valence-electron chi connectivity index (χ0n) is 14.7. The number of halogens is 2. The number of ether oxygens (including phenoxy) is 2. The van der Waals surface area contributed by atoms with Crippen LogP contribution in [0.5, 0.6) is 0 Å². The van der Waals surface area contributed by atoms with Gasteiger partial charge in [0.15, 0.2) is 0 Å². The van der Waals surface area contributed by atoms with Crippen molar-refractivity contribution in [2.75, 3.05) is 0 Å². The Hall–Kier alpha value is -2.44. The van der Waals surface area contributed by atoms with Gasteiger partial charge in [-0.25, -0.2) is 9.59 Å². The molecule has 0 heterocycles. The van der Waals surface area contributed by atoms with Gasteiger partial charge in [0.25, 0.3) is 0 Å². The van der Waals surface area contributed by atoms with Gasteiger partial charge in [-0.15, -0.1) is 0 Å². The second-order valence-corrected chi connectivity index (χ2v) is 7.78. The zero-order valence-corrected chi connectivity index (χ0v) is 17.9. The van der Waals surface area contributed by atoms with Gasteiger partial charge >= 0.3 is 11.9 Å². The topological polar surface area (TPSA) is 52.6 Å². The number of benzene rings is 3. The maximum Gasteiger partial charge on any atom is 0.339 e. The van der Waals surface area contributed by atoms with E-state index in [9.17, 15) is 9.59 Å². The smallest absolute Gasteiger partial charge is 0.339 e. The van der Waals surface area contributed by atoms with E-state index in [-0.39, 0.29) is 24.3 Å². The van der Waals surface area contributed by atoms with Gasteiger partial charge in [-0.1, -0.05) is 68.3 Å². The molecule has 0 saturated heterocycles. The minimum atomic E-state index is -0.570. The van der Waals surface area contributed by atoms with Gasteiger partial charge in [-0.05, 0) is 47.5 Å². The average molecular weight is 504 g/mol. The molecule has 0 N–H and O–H groups in total. The molecule has 0 radical (unpaired) electrons. The second-order valence-electron chi connectivity index (χ2n) is 5.95. The van der Waals surface area contributed by atoms with Crippen molar-refractivity contribution in [3.05, 3.63) is 104 Å². The Morgan fingerprint density at radius 2 is 0.964 bits per heavy atom. The monoisotopic (exact) mass is 502 g/mol. The Balaban J connectivity index is 1.65. The molecular formula is C22H16Br2O4. The van der Waals surface area contributed by atoms with E-state index < -0.39 is 11.9 Å². The van der Waals surface area contributed by atoms with E-state index in [2.05, 4.69) is 31.9 Å². The molecule has 3 aromatic carbocycles. The van der Waals surface area contributed by atoms with Gasteiger partial charge in [0.05, 0.1) is 11.1 Å². The predicted octanol–water partition coefficient (Wildman–Crippen LogP) is 5.93. The van der Waals surface area contributed by atoms with E-state index >= 15 is 0 Å². The molecule has 0 aliphatic heterocycles. The van der Waals surface area contributed by atoms with Gasteiger partial charge in [-0.3, -0.25) is 0 Å². The first kappa shape index (κ1) is 20.3. The molecule has 0 saturated carbocycles. The first-order valence-electron chi connectivity index (χ1n) is 8.45. The lowest BCUT2D eigenvalue weighted by Crippen LogP contribution is -2.14. The predicted molar refractivity (Wildman–Crippen MR) is 113 cm³/mol. The van der Waals surface area contributed by atoms with Crippen LogP contribution in [-0.2, 0) is 22.7 Å². The van der Waals surface area contributed by atoms with E-state index in [4.69, 9.17) is 9.47 Å². The molecule has 3 aromatic rings. The third-order valence-corrected chi connectivity index (χ3v) is 4.99. The van der Waals surface area contributed by atoms with Gasteiger partial charge in [0, 0.05) is 8.95 Å². The van der Waals surface area contributed by atoms with Crippen LogP contribution in [0.25, 0.3) is 0 Å². The Labute approximate surface area is 179 Å². The highest BCUT2D eigenvalue weighted by molar-refractivity contribution is 9.10. The molecule has 0 unspecified atom stereocenters. The minimum absolute atomic E-state index is 0.119. The van der Waals surface area contributed by atoms with E-state index in [1.807, 2.05) is 48.5 Å². The highest BCUT2D eigenvalue weighted by atomic mass is 79.9. The molecule has 0 fully saturated rings. The van der Waals surface area contributed by atoms with Crippen molar-refractivity contribution in [1.82, 2.24) is 0 Å². The summed E-state index contributed by atoms with van der Waals surface area (Å²) in [6.07, 6.45) is 0. The summed E-state index contributed by atoms with van der Waals surface area (Å²) in [6, 6.07) is 21.4. The molecule has 0 aliphatic carbocycles. The fourth-order valence-corrected chi connectivity index (χ4v) is 2.98. The number of hydrogen-bond acceptors (Lipinski definition) is 4. The summed E-state index contributed by atoms with van der Waals surface area (Å²) in [7, 11) is 0. The fraction of sp³-hybridized carbons (Fsp3) is 0.0909. The van der Waals surface area contributed by atoms with Crippen molar-refractivity contribution < 1.29 is 19.1 Å². The fourth-order valence-electron chi connectivity index (χ4n) is 2.45. The molecule has 0 spiro atoms. The first-order chi connectivity index (χ1) is 13.5. The molecule has 4 nitrogen and oxygen atoms in total. The van der Waals surface area contributed by atoms with Crippen molar-refractivity contribution in [2.24, 2.45) is 0 Å². The number of rotatable bonds is 6. The summed E-state index contributed by atoms with van der Waals surface area (Å²) >= 11 is 6.72. The highest BCUT2D eigenvalue weighted by Gasteiger charge is 2.19. The number of hydrogen-bond donors (Lipinski definition) is 0. The van der Waals surface area contributed by atoms with Crippen LogP contribution in [0, 0.1) is 0 Å². The molecule has 0 bridgehead atoms. The molecule has 3 rings (SSSR count). The minimum Gasteiger partial charge on any atom is -0.457 e. The average Bonchev–Trinajstić information content (AvgIpc) is 2.72. The lowest BCUT2D eigenvalue weighted by atomic mass is 10.1. The number of carbonyl (C=O) groups is 2. The molecule has 142 valence electrons. The van der Waals surface area contributed by atoms with Gasteiger partial charge < -0.3 is 9.47 Å². The lowest BCUT2D eigenvalue weighted by molar-refractivity contribution is 0.0425. The summed E-state index contributed by atoms with van der Waals surface area (Å²) in [5.41, 5.74) is 2.07. The normalized spacial score (nSPS) is 10.4. The molecular weight excluding hydrogens is 488 g/mol. The third-order valence-electron chi connectivity index (χ3n) is 3.93. The van der Waals surface area contributed by atoms with E-state index in [0.717, 1.165) is 20.1 Å². The molecule has 0 amide bonds. The van der Waals surface area contributed by atoms with Crippen molar-refractivity contribution in [1.29, 1.82) is 0 Å². The van der Waals surface area contributed by atoms with Crippen LogP contribution >= 0.6 is 31.9 Å². The molecule has 0 aromatic heterocycles. The van der Waals surface area contributed by atoms with Crippen molar-refractivity contribution in [3.8, 4) is 0 Å². The van der Waals surface area contributed by atoms with Crippen molar-refractivity contribution in [3.63, 3.8) is 0 Å². The van der Waals surface area contributed by atoms with Crippen molar-refractivity contribution >= 4 is 43.8 Å². The molecule has 0 atom stereocenters. The lowest BCUT2D eigenvalue weighted by Gasteiger charge is -2.10. The van der Waals surface area contributed by atoms with Crippen LogP contribution in [-0.4, -0.2) is 11.9 Å². The van der Waals surface area contributed by atoms with Crippen LogP contribution in [0.2, 0.25) is 0 Å². The molecule has 28 heavy (non-hydrogen) atoms. The standard InChI is InChI=1S/C22H16Br2O4/c23-17-9-5-15(6-10-17)13-27-21(25)19-3-1-2-4-20(19)22(26)28-14-16-7-11-18(24)12-8-16/h1-12H,13-14H2.